The normalized spacial score (nSPS) is 10.3. The van der Waals surface area contributed by atoms with Crippen LogP contribution in [0.3, 0.4) is 0 Å². The number of pyridine rings is 1. The highest BCUT2D eigenvalue weighted by Crippen LogP contribution is 2.15. The highest BCUT2D eigenvalue weighted by atomic mass is 15.3. The van der Waals surface area contributed by atoms with Crippen molar-refractivity contribution in [2.24, 2.45) is 0 Å². The van der Waals surface area contributed by atoms with E-state index in [0.717, 1.165) is 17.7 Å². The summed E-state index contributed by atoms with van der Waals surface area (Å²) in [6.07, 6.45) is 6.18. The van der Waals surface area contributed by atoms with E-state index in [1.165, 1.54) is 5.56 Å². The molecule has 2 N–H and O–H groups in total. The number of aryl methyl sites for hydroxylation is 1. The number of nitrogens with one attached hydrogen (secondary N) is 2. The van der Waals surface area contributed by atoms with Crippen LogP contribution < -0.4 is 10.6 Å². The number of hydrogen-bond acceptors (Lipinski definition) is 6. The van der Waals surface area contributed by atoms with Gasteiger partial charge < -0.3 is 10.6 Å². The smallest absolute Gasteiger partial charge is 0.244 e. The standard InChI is InChI=1S/C17H18N6/c1-2-13-5-7-15(8-6-13)21-16-12-20-23-17(22-16)19-11-14-4-3-9-18-10-14/h3-10,12H,2,11H2,1H3,(H2,19,21,22,23). The zero-order chi connectivity index (χ0) is 15.9. The molecule has 0 atom stereocenters. The Morgan fingerprint density at radius 3 is 2.61 bits per heavy atom. The van der Waals surface area contributed by atoms with Gasteiger partial charge in [-0.1, -0.05) is 25.1 Å². The molecule has 2 heterocycles. The van der Waals surface area contributed by atoms with Crippen molar-refractivity contribution in [3.8, 4) is 0 Å². The van der Waals surface area contributed by atoms with Gasteiger partial charge in [-0.15, -0.1) is 5.10 Å². The van der Waals surface area contributed by atoms with Crippen molar-refractivity contribution in [1.29, 1.82) is 0 Å². The predicted molar refractivity (Wildman–Crippen MR) is 90.5 cm³/mol. The molecule has 0 saturated heterocycles. The van der Waals surface area contributed by atoms with Gasteiger partial charge in [-0.2, -0.15) is 10.1 Å². The molecule has 0 bridgehead atoms. The quantitative estimate of drug-likeness (QED) is 0.728. The molecule has 0 aliphatic carbocycles. The van der Waals surface area contributed by atoms with E-state index in [1.807, 2.05) is 24.3 Å². The Morgan fingerprint density at radius 2 is 1.87 bits per heavy atom. The lowest BCUT2D eigenvalue weighted by Crippen LogP contribution is -2.06. The van der Waals surface area contributed by atoms with Gasteiger partial charge in [-0.3, -0.25) is 4.98 Å². The van der Waals surface area contributed by atoms with Gasteiger partial charge in [0.2, 0.25) is 5.95 Å². The average molecular weight is 306 g/mol. The van der Waals surface area contributed by atoms with Crippen molar-refractivity contribution in [3.63, 3.8) is 0 Å². The van der Waals surface area contributed by atoms with E-state index in [1.54, 1.807) is 18.6 Å². The molecule has 0 unspecified atom stereocenters. The number of aromatic nitrogens is 4. The molecule has 0 fully saturated rings. The van der Waals surface area contributed by atoms with Crippen LogP contribution in [0.5, 0.6) is 0 Å². The fourth-order valence-corrected chi connectivity index (χ4v) is 2.09. The summed E-state index contributed by atoms with van der Waals surface area (Å²) in [7, 11) is 0. The number of rotatable bonds is 6. The summed E-state index contributed by atoms with van der Waals surface area (Å²) < 4.78 is 0. The minimum atomic E-state index is 0.476. The van der Waals surface area contributed by atoms with Crippen molar-refractivity contribution >= 4 is 17.5 Å². The van der Waals surface area contributed by atoms with Crippen molar-refractivity contribution in [1.82, 2.24) is 20.2 Å². The third-order valence-corrected chi connectivity index (χ3v) is 3.37. The average Bonchev–Trinajstić information content (AvgIpc) is 2.62. The first-order valence-corrected chi connectivity index (χ1v) is 7.52. The van der Waals surface area contributed by atoms with E-state index in [2.05, 4.69) is 49.9 Å². The maximum absolute atomic E-state index is 4.41. The van der Waals surface area contributed by atoms with Crippen molar-refractivity contribution in [2.75, 3.05) is 10.6 Å². The monoisotopic (exact) mass is 306 g/mol. The van der Waals surface area contributed by atoms with Crippen LogP contribution in [0.15, 0.2) is 55.0 Å². The van der Waals surface area contributed by atoms with Crippen molar-refractivity contribution in [3.05, 3.63) is 66.1 Å². The fourth-order valence-electron chi connectivity index (χ4n) is 2.09. The zero-order valence-corrected chi connectivity index (χ0v) is 12.9. The summed E-state index contributed by atoms with van der Waals surface area (Å²) in [5.41, 5.74) is 3.33. The first kappa shape index (κ1) is 14.9. The van der Waals surface area contributed by atoms with Gasteiger partial charge in [0.1, 0.15) is 0 Å². The molecular weight excluding hydrogens is 288 g/mol. The summed E-state index contributed by atoms with van der Waals surface area (Å²) in [6.45, 7) is 2.74. The molecule has 6 nitrogen and oxygen atoms in total. The van der Waals surface area contributed by atoms with Gasteiger partial charge in [-0.25, -0.2) is 0 Å². The molecule has 0 aliphatic heterocycles. The zero-order valence-electron chi connectivity index (χ0n) is 12.9. The molecule has 2 aromatic heterocycles. The van der Waals surface area contributed by atoms with E-state index >= 15 is 0 Å². The Balaban J connectivity index is 1.64. The number of nitrogens with zero attached hydrogens (tertiary/aromatic N) is 4. The van der Waals surface area contributed by atoms with Gasteiger partial charge >= 0.3 is 0 Å². The fraction of sp³-hybridized carbons (Fsp3) is 0.176. The van der Waals surface area contributed by atoms with Crippen LogP contribution in [0.4, 0.5) is 17.5 Å². The van der Waals surface area contributed by atoms with Crippen LogP contribution in [-0.4, -0.2) is 20.2 Å². The third kappa shape index (κ3) is 4.23. The van der Waals surface area contributed by atoms with E-state index in [0.29, 0.717) is 18.3 Å². The van der Waals surface area contributed by atoms with Crippen molar-refractivity contribution in [2.45, 2.75) is 19.9 Å². The molecule has 3 aromatic rings. The second kappa shape index (κ2) is 7.31. The van der Waals surface area contributed by atoms with E-state index in [4.69, 9.17) is 0 Å². The number of benzene rings is 1. The van der Waals surface area contributed by atoms with Gasteiger partial charge in [0.05, 0.1) is 6.20 Å². The molecule has 23 heavy (non-hydrogen) atoms. The number of anilines is 3. The van der Waals surface area contributed by atoms with Crippen LogP contribution >= 0.6 is 0 Å². The SMILES string of the molecule is CCc1ccc(Nc2cnnc(NCc3cccnc3)n2)cc1. The van der Waals surface area contributed by atoms with Gasteiger partial charge in [0.15, 0.2) is 5.82 Å². The van der Waals surface area contributed by atoms with Crippen LogP contribution in [0.25, 0.3) is 0 Å². The lowest BCUT2D eigenvalue weighted by atomic mass is 10.1. The van der Waals surface area contributed by atoms with Crippen LogP contribution in [-0.2, 0) is 13.0 Å². The Labute approximate surface area is 135 Å². The van der Waals surface area contributed by atoms with Gasteiger partial charge in [-0.05, 0) is 35.7 Å². The maximum atomic E-state index is 4.41. The molecule has 0 aliphatic rings. The van der Waals surface area contributed by atoms with E-state index < -0.39 is 0 Å². The largest absolute Gasteiger partial charge is 0.349 e. The Morgan fingerprint density at radius 1 is 1.00 bits per heavy atom. The van der Waals surface area contributed by atoms with E-state index in [-0.39, 0.29) is 0 Å². The Kier molecular flexibility index (Phi) is 4.73. The molecule has 0 amide bonds. The minimum absolute atomic E-state index is 0.476. The van der Waals surface area contributed by atoms with E-state index in [9.17, 15) is 0 Å². The van der Waals surface area contributed by atoms with Gasteiger partial charge in [0, 0.05) is 24.6 Å². The minimum Gasteiger partial charge on any atom is -0.349 e. The lowest BCUT2D eigenvalue weighted by Gasteiger charge is -2.08. The lowest BCUT2D eigenvalue weighted by molar-refractivity contribution is 0.946. The highest BCUT2D eigenvalue weighted by Gasteiger charge is 2.02. The topological polar surface area (TPSA) is 75.6 Å². The molecule has 1 aromatic carbocycles. The highest BCUT2D eigenvalue weighted by molar-refractivity contribution is 5.56. The third-order valence-electron chi connectivity index (χ3n) is 3.37. The van der Waals surface area contributed by atoms with Crippen LogP contribution in [0.2, 0.25) is 0 Å². The molecule has 3 rings (SSSR count). The molecule has 116 valence electrons. The first-order valence-electron chi connectivity index (χ1n) is 7.52. The second-order valence-corrected chi connectivity index (χ2v) is 5.06. The maximum Gasteiger partial charge on any atom is 0.244 e. The summed E-state index contributed by atoms with van der Waals surface area (Å²) in [4.78, 5) is 8.49. The Bertz CT molecular complexity index is 743. The molecule has 0 saturated carbocycles. The summed E-state index contributed by atoms with van der Waals surface area (Å²) >= 11 is 0. The second-order valence-electron chi connectivity index (χ2n) is 5.06. The summed E-state index contributed by atoms with van der Waals surface area (Å²) in [5, 5.41) is 14.3. The summed E-state index contributed by atoms with van der Waals surface area (Å²) in [5.74, 6) is 1.13. The number of hydrogen-bond donors (Lipinski definition) is 2. The van der Waals surface area contributed by atoms with Crippen LogP contribution in [0, 0.1) is 0 Å². The van der Waals surface area contributed by atoms with Crippen LogP contribution in [0.1, 0.15) is 18.1 Å². The van der Waals surface area contributed by atoms with Crippen molar-refractivity contribution < 1.29 is 0 Å². The molecular formula is C17H18N6. The Hall–Kier alpha value is -3.02. The van der Waals surface area contributed by atoms with Gasteiger partial charge in [0.25, 0.3) is 0 Å². The molecule has 0 radical (unpaired) electrons. The molecule has 6 heteroatoms. The first-order chi connectivity index (χ1) is 11.3. The molecule has 0 spiro atoms. The predicted octanol–water partition coefficient (Wildman–Crippen LogP) is 3.18. The summed E-state index contributed by atoms with van der Waals surface area (Å²) in [6, 6.07) is 12.1.